The van der Waals surface area contributed by atoms with E-state index >= 15 is 0 Å². The molecule has 0 radical (unpaired) electrons. The highest BCUT2D eigenvalue weighted by molar-refractivity contribution is 5.91. The number of para-hydroxylation sites is 1. The van der Waals surface area contributed by atoms with Gasteiger partial charge in [0.2, 0.25) is 5.91 Å². The molecule has 1 heterocycles. The highest BCUT2D eigenvalue weighted by atomic mass is 19.4. The summed E-state index contributed by atoms with van der Waals surface area (Å²) in [6.45, 7) is 1.74. The van der Waals surface area contributed by atoms with Crippen molar-refractivity contribution in [3.05, 3.63) is 29.8 Å². The lowest BCUT2D eigenvalue weighted by Crippen LogP contribution is -2.21. The Labute approximate surface area is 115 Å². The van der Waals surface area contributed by atoms with Crippen LogP contribution >= 0.6 is 0 Å². The number of alkyl halides is 3. The summed E-state index contributed by atoms with van der Waals surface area (Å²) >= 11 is 0. The van der Waals surface area contributed by atoms with E-state index in [9.17, 15) is 18.0 Å². The van der Waals surface area contributed by atoms with Crippen LogP contribution in [0.1, 0.15) is 18.4 Å². The average Bonchev–Trinajstić information content (AvgIpc) is 2.73. The van der Waals surface area contributed by atoms with Gasteiger partial charge in [0, 0.05) is 13.0 Å². The van der Waals surface area contributed by atoms with Gasteiger partial charge in [0.1, 0.15) is 0 Å². The van der Waals surface area contributed by atoms with E-state index in [-0.39, 0.29) is 23.9 Å². The molecule has 3 nitrogen and oxygen atoms in total. The molecule has 1 amide bonds. The summed E-state index contributed by atoms with van der Waals surface area (Å²) in [5.74, 6) is -0.139. The zero-order valence-electron chi connectivity index (χ0n) is 11.2. The molecule has 0 aromatic heterocycles. The van der Waals surface area contributed by atoms with Crippen molar-refractivity contribution in [3.63, 3.8) is 0 Å². The molecule has 1 unspecified atom stereocenters. The van der Waals surface area contributed by atoms with Crippen LogP contribution < -0.4 is 5.32 Å². The summed E-state index contributed by atoms with van der Waals surface area (Å²) in [6, 6.07) is 5.04. The summed E-state index contributed by atoms with van der Waals surface area (Å²) in [6.07, 6.45) is -3.29. The molecule has 1 aliphatic rings. The average molecular weight is 286 g/mol. The van der Waals surface area contributed by atoms with Crippen LogP contribution in [0.15, 0.2) is 24.3 Å². The molecule has 1 aromatic rings. The van der Waals surface area contributed by atoms with Gasteiger partial charge in [0.05, 0.1) is 11.3 Å². The molecule has 0 aliphatic carbocycles. The second kappa shape index (κ2) is 5.83. The lowest BCUT2D eigenvalue weighted by atomic mass is 10.0. The maximum Gasteiger partial charge on any atom is 0.418 e. The van der Waals surface area contributed by atoms with E-state index in [4.69, 9.17) is 0 Å². The summed E-state index contributed by atoms with van der Waals surface area (Å²) in [5, 5.41) is 2.38. The topological polar surface area (TPSA) is 32.3 Å². The first-order chi connectivity index (χ1) is 9.36. The largest absolute Gasteiger partial charge is 0.418 e. The monoisotopic (exact) mass is 286 g/mol. The summed E-state index contributed by atoms with van der Waals surface area (Å²) in [7, 11) is 1.97. The number of halogens is 3. The van der Waals surface area contributed by atoms with Crippen molar-refractivity contribution in [2.24, 2.45) is 5.92 Å². The van der Waals surface area contributed by atoms with Gasteiger partial charge < -0.3 is 10.2 Å². The molecule has 0 saturated carbocycles. The Morgan fingerprint density at radius 1 is 1.40 bits per heavy atom. The van der Waals surface area contributed by atoms with Crippen molar-refractivity contribution in [1.29, 1.82) is 0 Å². The minimum atomic E-state index is -4.46. The van der Waals surface area contributed by atoms with Crippen molar-refractivity contribution < 1.29 is 18.0 Å². The van der Waals surface area contributed by atoms with Gasteiger partial charge in [-0.2, -0.15) is 13.2 Å². The number of nitrogens with one attached hydrogen (secondary N) is 1. The smallest absolute Gasteiger partial charge is 0.325 e. The van der Waals surface area contributed by atoms with Gasteiger partial charge in [-0.3, -0.25) is 4.79 Å². The van der Waals surface area contributed by atoms with E-state index in [1.165, 1.54) is 18.2 Å². The highest BCUT2D eigenvalue weighted by Gasteiger charge is 2.33. The fourth-order valence-electron chi connectivity index (χ4n) is 2.50. The van der Waals surface area contributed by atoms with Crippen molar-refractivity contribution >= 4 is 11.6 Å². The minimum Gasteiger partial charge on any atom is -0.325 e. The van der Waals surface area contributed by atoms with E-state index in [2.05, 4.69) is 10.2 Å². The number of hydrogen-bond acceptors (Lipinski definition) is 2. The molecule has 1 aliphatic heterocycles. The van der Waals surface area contributed by atoms with Crippen LogP contribution in [0.2, 0.25) is 0 Å². The van der Waals surface area contributed by atoms with Crippen LogP contribution in [-0.4, -0.2) is 30.9 Å². The van der Waals surface area contributed by atoms with E-state index in [1.807, 2.05) is 7.05 Å². The number of nitrogens with zero attached hydrogens (tertiary/aromatic N) is 1. The van der Waals surface area contributed by atoms with E-state index in [0.717, 1.165) is 25.6 Å². The van der Waals surface area contributed by atoms with Gasteiger partial charge in [-0.1, -0.05) is 12.1 Å². The molecular formula is C14H17F3N2O. The zero-order chi connectivity index (χ0) is 14.8. The Hall–Kier alpha value is -1.56. The maximum atomic E-state index is 12.8. The predicted molar refractivity (Wildman–Crippen MR) is 70.3 cm³/mol. The molecule has 20 heavy (non-hydrogen) atoms. The third kappa shape index (κ3) is 3.72. The van der Waals surface area contributed by atoms with Gasteiger partial charge in [-0.05, 0) is 38.1 Å². The van der Waals surface area contributed by atoms with Gasteiger partial charge >= 0.3 is 6.18 Å². The van der Waals surface area contributed by atoms with Gasteiger partial charge in [-0.25, -0.2) is 0 Å². The standard InChI is InChI=1S/C14H17F3N2O/c1-19-7-6-10(9-19)8-13(20)18-12-5-3-2-4-11(12)14(15,16)17/h2-5,10H,6-9H2,1H3,(H,18,20). The van der Waals surface area contributed by atoms with Gasteiger partial charge in [0.25, 0.3) is 0 Å². The zero-order valence-corrected chi connectivity index (χ0v) is 11.2. The number of carbonyl (C=O) groups excluding carboxylic acids is 1. The summed E-state index contributed by atoms with van der Waals surface area (Å²) in [4.78, 5) is 14.0. The first kappa shape index (κ1) is 14.8. The highest BCUT2D eigenvalue weighted by Crippen LogP contribution is 2.34. The third-order valence-corrected chi connectivity index (χ3v) is 3.47. The normalized spacial score (nSPS) is 20.1. The number of hydrogen-bond donors (Lipinski definition) is 1. The predicted octanol–water partition coefficient (Wildman–Crippen LogP) is 2.99. The van der Waals surface area contributed by atoms with Crippen LogP contribution in [0.3, 0.4) is 0 Å². The lowest BCUT2D eigenvalue weighted by molar-refractivity contribution is -0.137. The molecule has 110 valence electrons. The van der Waals surface area contributed by atoms with E-state index in [1.54, 1.807) is 0 Å². The molecule has 1 N–H and O–H groups in total. The lowest BCUT2D eigenvalue weighted by Gasteiger charge is -2.15. The molecule has 6 heteroatoms. The number of likely N-dealkylation sites (tertiary alicyclic amines) is 1. The molecule has 1 fully saturated rings. The molecule has 0 spiro atoms. The second-order valence-corrected chi connectivity index (χ2v) is 5.21. The number of amides is 1. The third-order valence-electron chi connectivity index (χ3n) is 3.47. The fourth-order valence-corrected chi connectivity index (χ4v) is 2.50. The summed E-state index contributed by atoms with van der Waals surface area (Å²) in [5.41, 5.74) is -0.978. The number of anilines is 1. The Kier molecular flexibility index (Phi) is 4.32. The Morgan fingerprint density at radius 2 is 2.10 bits per heavy atom. The molecule has 2 rings (SSSR count). The Bertz CT molecular complexity index is 488. The summed E-state index contributed by atoms with van der Waals surface area (Å²) < 4.78 is 38.4. The van der Waals surface area contributed by atoms with Crippen molar-refractivity contribution in [3.8, 4) is 0 Å². The Morgan fingerprint density at radius 3 is 2.70 bits per heavy atom. The van der Waals surface area contributed by atoms with Crippen LogP contribution in [-0.2, 0) is 11.0 Å². The number of rotatable bonds is 3. The quantitative estimate of drug-likeness (QED) is 0.926. The van der Waals surface area contributed by atoms with Crippen molar-refractivity contribution in [1.82, 2.24) is 4.90 Å². The Balaban J connectivity index is 2.01. The molecular weight excluding hydrogens is 269 g/mol. The molecule has 0 bridgehead atoms. The van der Waals surface area contributed by atoms with Crippen molar-refractivity contribution in [2.75, 3.05) is 25.5 Å². The minimum absolute atomic E-state index is 0.170. The van der Waals surface area contributed by atoms with E-state index in [0.29, 0.717) is 0 Å². The van der Waals surface area contributed by atoms with E-state index < -0.39 is 11.7 Å². The number of benzene rings is 1. The van der Waals surface area contributed by atoms with Crippen LogP contribution in [0, 0.1) is 5.92 Å². The first-order valence-corrected chi connectivity index (χ1v) is 6.51. The maximum absolute atomic E-state index is 12.8. The number of carbonyl (C=O) groups is 1. The van der Waals surface area contributed by atoms with Crippen molar-refractivity contribution in [2.45, 2.75) is 19.0 Å². The second-order valence-electron chi connectivity index (χ2n) is 5.21. The molecule has 1 atom stereocenters. The fraction of sp³-hybridized carbons (Fsp3) is 0.500. The van der Waals surface area contributed by atoms with Gasteiger partial charge in [-0.15, -0.1) is 0 Å². The van der Waals surface area contributed by atoms with Crippen LogP contribution in [0.25, 0.3) is 0 Å². The van der Waals surface area contributed by atoms with Crippen LogP contribution in [0.5, 0.6) is 0 Å². The SMILES string of the molecule is CN1CCC(CC(=O)Nc2ccccc2C(F)(F)F)C1. The molecule has 1 aromatic carbocycles. The molecule has 1 saturated heterocycles. The van der Waals surface area contributed by atoms with Crippen LogP contribution in [0.4, 0.5) is 18.9 Å². The first-order valence-electron chi connectivity index (χ1n) is 6.51. The van der Waals surface area contributed by atoms with Gasteiger partial charge in [0.15, 0.2) is 0 Å².